The van der Waals surface area contributed by atoms with Crippen LogP contribution in [-0.2, 0) is 4.74 Å². The quantitative estimate of drug-likeness (QED) is 0.661. The Kier molecular flexibility index (Phi) is 3.57. The molecule has 5 nitrogen and oxygen atoms in total. The van der Waals surface area contributed by atoms with Crippen LogP contribution in [0, 0.1) is 0 Å². The van der Waals surface area contributed by atoms with E-state index < -0.39 is 11.7 Å². The molecule has 1 aliphatic rings. The van der Waals surface area contributed by atoms with Crippen LogP contribution < -0.4 is 5.73 Å². The summed E-state index contributed by atoms with van der Waals surface area (Å²) in [6, 6.07) is -0.260. The molecule has 1 saturated heterocycles. The number of hydrogen-bond acceptors (Lipinski definition) is 4. The molecule has 3 N–H and O–H groups in total. The van der Waals surface area contributed by atoms with Crippen LogP contribution >= 0.6 is 0 Å². The molecule has 1 heterocycles. The number of ether oxygens (including phenoxy) is 1. The summed E-state index contributed by atoms with van der Waals surface area (Å²) in [6.45, 7) is 5.84. The molecule has 1 amide bonds. The van der Waals surface area contributed by atoms with Crippen molar-refractivity contribution in [3.63, 3.8) is 0 Å². The molecule has 0 aliphatic carbocycles. The Bertz CT molecular complexity index is 237. The molecule has 0 unspecified atom stereocenters. The first-order valence-electron chi connectivity index (χ1n) is 5.19. The third-order valence-electron chi connectivity index (χ3n) is 2.29. The fourth-order valence-corrected chi connectivity index (χ4v) is 1.67. The standard InChI is InChI=1S/C10H20N2O3/c1-10(2,3)15-9(14)12-5-7(11)4-8(12)6-13/h7-8,13H,4-6,11H2,1-3H3/t7-,8-/m1/s1. The molecular weight excluding hydrogens is 196 g/mol. The van der Waals surface area contributed by atoms with E-state index >= 15 is 0 Å². The fraction of sp³-hybridized carbons (Fsp3) is 0.900. The number of rotatable bonds is 1. The third kappa shape index (κ3) is 3.35. The minimum atomic E-state index is -0.510. The lowest BCUT2D eigenvalue weighted by molar-refractivity contribution is 0.0175. The molecular formula is C10H20N2O3. The summed E-state index contributed by atoms with van der Waals surface area (Å²) in [6.07, 6.45) is 0.241. The van der Waals surface area contributed by atoms with E-state index in [1.165, 1.54) is 4.90 Å². The highest BCUT2D eigenvalue weighted by Crippen LogP contribution is 2.19. The van der Waals surface area contributed by atoms with Gasteiger partial charge in [0, 0.05) is 12.6 Å². The first-order valence-corrected chi connectivity index (χ1v) is 5.19. The number of aliphatic hydroxyl groups is 1. The van der Waals surface area contributed by atoms with Gasteiger partial charge in [-0.15, -0.1) is 0 Å². The highest BCUT2D eigenvalue weighted by atomic mass is 16.6. The molecule has 0 saturated carbocycles. The first-order chi connectivity index (χ1) is 6.83. The number of aliphatic hydroxyl groups excluding tert-OH is 1. The lowest BCUT2D eigenvalue weighted by Crippen LogP contribution is -2.41. The van der Waals surface area contributed by atoms with Crippen molar-refractivity contribution < 1.29 is 14.6 Å². The molecule has 0 aromatic carbocycles. The van der Waals surface area contributed by atoms with Gasteiger partial charge in [0.2, 0.25) is 0 Å². The number of nitrogens with zero attached hydrogens (tertiary/aromatic N) is 1. The Labute approximate surface area is 90.2 Å². The minimum absolute atomic E-state index is 0.0605. The van der Waals surface area contributed by atoms with Crippen molar-refractivity contribution in [1.29, 1.82) is 0 Å². The van der Waals surface area contributed by atoms with E-state index in [9.17, 15) is 4.79 Å². The monoisotopic (exact) mass is 216 g/mol. The van der Waals surface area contributed by atoms with E-state index in [0.717, 1.165) is 0 Å². The average Bonchev–Trinajstić information content (AvgIpc) is 2.43. The van der Waals surface area contributed by atoms with Crippen molar-refractivity contribution in [2.75, 3.05) is 13.2 Å². The smallest absolute Gasteiger partial charge is 0.410 e. The van der Waals surface area contributed by atoms with E-state index in [1.54, 1.807) is 0 Å². The second-order valence-electron chi connectivity index (χ2n) is 4.96. The Morgan fingerprint density at radius 3 is 2.67 bits per heavy atom. The molecule has 88 valence electrons. The van der Waals surface area contributed by atoms with Gasteiger partial charge in [-0.25, -0.2) is 4.79 Å². The maximum absolute atomic E-state index is 11.7. The van der Waals surface area contributed by atoms with Crippen molar-refractivity contribution in [3.05, 3.63) is 0 Å². The second-order valence-corrected chi connectivity index (χ2v) is 4.96. The summed E-state index contributed by atoms with van der Waals surface area (Å²) in [5.74, 6) is 0. The van der Waals surface area contributed by atoms with Gasteiger partial charge < -0.3 is 20.5 Å². The van der Waals surface area contributed by atoms with Crippen LogP contribution in [-0.4, -0.2) is 46.9 Å². The van der Waals surface area contributed by atoms with E-state index in [4.69, 9.17) is 15.6 Å². The molecule has 0 spiro atoms. The Hall–Kier alpha value is -0.810. The van der Waals surface area contributed by atoms with Crippen LogP contribution in [0.5, 0.6) is 0 Å². The van der Waals surface area contributed by atoms with Crippen molar-refractivity contribution in [2.24, 2.45) is 5.73 Å². The summed E-state index contributed by atoms with van der Waals surface area (Å²) in [4.78, 5) is 13.2. The third-order valence-corrected chi connectivity index (χ3v) is 2.29. The molecule has 1 fully saturated rings. The number of amides is 1. The fourth-order valence-electron chi connectivity index (χ4n) is 1.67. The Morgan fingerprint density at radius 1 is 1.60 bits per heavy atom. The van der Waals surface area contributed by atoms with Crippen LogP contribution in [0.4, 0.5) is 4.79 Å². The van der Waals surface area contributed by atoms with E-state index in [1.807, 2.05) is 20.8 Å². The Morgan fingerprint density at radius 2 is 2.20 bits per heavy atom. The van der Waals surface area contributed by atoms with Crippen LogP contribution in [0.3, 0.4) is 0 Å². The summed E-state index contributed by atoms with van der Waals surface area (Å²) >= 11 is 0. The van der Waals surface area contributed by atoms with Crippen molar-refractivity contribution in [1.82, 2.24) is 4.90 Å². The lowest BCUT2D eigenvalue weighted by Gasteiger charge is -2.27. The summed E-state index contributed by atoms with van der Waals surface area (Å²) in [5, 5.41) is 9.10. The molecule has 15 heavy (non-hydrogen) atoms. The molecule has 1 aliphatic heterocycles. The van der Waals surface area contributed by atoms with Crippen LogP contribution in [0.1, 0.15) is 27.2 Å². The number of nitrogens with two attached hydrogens (primary N) is 1. The zero-order chi connectivity index (χ0) is 11.6. The van der Waals surface area contributed by atoms with Gasteiger partial charge >= 0.3 is 6.09 Å². The second kappa shape index (κ2) is 4.37. The molecule has 2 atom stereocenters. The van der Waals surface area contributed by atoms with Crippen molar-refractivity contribution >= 4 is 6.09 Å². The van der Waals surface area contributed by atoms with Crippen LogP contribution in [0.25, 0.3) is 0 Å². The van der Waals surface area contributed by atoms with E-state index in [-0.39, 0.29) is 18.7 Å². The van der Waals surface area contributed by atoms with Gasteiger partial charge in [-0.3, -0.25) is 0 Å². The summed E-state index contributed by atoms with van der Waals surface area (Å²) < 4.78 is 5.22. The summed E-state index contributed by atoms with van der Waals surface area (Å²) in [7, 11) is 0. The maximum atomic E-state index is 11.7. The van der Waals surface area contributed by atoms with E-state index in [0.29, 0.717) is 13.0 Å². The normalized spacial score (nSPS) is 26.9. The molecule has 0 radical (unpaired) electrons. The number of likely N-dealkylation sites (tertiary alicyclic amines) is 1. The zero-order valence-electron chi connectivity index (χ0n) is 9.56. The predicted molar refractivity (Wildman–Crippen MR) is 56.4 cm³/mol. The highest BCUT2D eigenvalue weighted by molar-refractivity contribution is 5.69. The molecule has 0 bridgehead atoms. The van der Waals surface area contributed by atoms with Crippen molar-refractivity contribution in [2.45, 2.75) is 44.9 Å². The molecule has 5 heteroatoms. The number of carbonyl (C=O) groups excluding carboxylic acids is 1. The van der Waals surface area contributed by atoms with Crippen LogP contribution in [0.15, 0.2) is 0 Å². The predicted octanol–water partition coefficient (Wildman–Crippen LogP) is 0.315. The van der Waals surface area contributed by atoms with Gasteiger partial charge in [-0.05, 0) is 27.2 Å². The maximum Gasteiger partial charge on any atom is 0.410 e. The molecule has 1 rings (SSSR count). The van der Waals surface area contributed by atoms with E-state index in [2.05, 4.69) is 0 Å². The SMILES string of the molecule is CC(C)(C)OC(=O)N1C[C@H](N)C[C@@H]1CO. The lowest BCUT2D eigenvalue weighted by atomic mass is 10.2. The van der Waals surface area contributed by atoms with Gasteiger partial charge in [0.25, 0.3) is 0 Å². The largest absolute Gasteiger partial charge is 0.444 e. The van der Waals surface area contributed by atoms with Gasteiger partial charge in [-0.1, -0.05) is 0 Å². The Balaban J connectivity index is 2.59. The van der Waals surface area contributed by atoms with Gasteiger partial charge in [0.15, 0.2) is 0 Å². The number of carbonyl (C=O) groups is 1. The molecule has 0 aromatic heterocycles. The minimum Gasteiger partial charge on any atom is -0.444 e. The average molecular weight is 216 g/mol. The topological polar surface area (TPSA) is 75.8 Å². The van der Waals surface area contributed by atoms with Gasteiger partial charge in [0.05, 0.1) is 12.6 Å². The van der Waals surface area contributed by atoms with Gasteiger partial charge in [0.1, 0.15) is 5.60 Å². The number of hydrogen-bond donors (Lipinski definition) is 2. The van der Waals surface area contributed by atoms with Crippen molar-refractivity contribution in [3.8, 4) is 0 Å². The zero-order valence-corrected chi connectivity index (χ0v) is 9.56. The first kappa shape index (κ1) is 12.3. The van der Waals surface area contributed by atoms with Gasteiger partial charge in [-0.2, -0.15) is 0 Å². The van der Waals surface area contributed by atoms with Crippen LogP contribution in [0.2, 0.25) is 0 Å². The highest BCUT2D eigenvalue weighted by Gasteiger charge is 2.35. The summed E-state index contributed by atoms with van der Waals surface area (Å²) in [5.41, 5.74) is 5.22. The molecule has 0 aromatic rings.